The van der Waals surface area contributed by atoms with Crippen molar-refractivity contribution in [3.63, 3.8) is 0 Å². The first-order valence-electron chi connectivity index (χ1n) is 23.7. The van der Waals surface area contributed by atoms with Crippen LogP contribution in [0.2, 0.25) is 0 Å². The highest BCUT2D eigenvalue weighted by Gasteiger charge is 2.14. The molecule has 0 aromatic carbocycles. The summed E-state index contributed by atoms with van der Waals surface area (Å²) in [7, 11) is 0. The number of hydrogen-bond acceptors (Lipinski definition) is 3. The summed E-state index contributed by atoms with van der Waals surface area (Å²) in [5, 5.41) is 8.79. The predicted molar refractivity (Wildman–Crippen MR) is 227 cm³/mol. The molecule has 0 aromatic heterocycles. The van der Waals surface area contributed by atoms with Gasteiger partial charge in [-0.1, -0.05) is 212 Å². The molecule has 0 aliphatic rings. The van der Waals surface area contributed by atoms with E-state index in [2.05, 4.69) is 26.0 Å². The Labute approximate surface area is 325 Å². The van der Waals surface area contributed by atoms with Gasteiger partial charge in [0, 0.05) is 12.8 Å². The van der Waals surface area contributed by atoms with Crippen LogP contribution in [0.5, 0.6) is 0 Å². The lowest BCUT2D eigenvalue weighted by molar-refractivity contribution is -0.150. The first-order chi connectivity index (χ1) is 25.6. The van der Waals surface area contributed by atoms with Gasteiger partial charge in [0.15, 0.2) is 0 Å². The molecule has 0 rings (SSSR count). The zero-order valence-corrected chi connectivity index (χ0v) is 35.4. The van der Waals surface area contributed by atoms with Crippen molar-refractivity contribution in [1.29, 1.82) is 0 Å². The molecule has 1 N–H and O–H groups in total. The lowest BCUT2D eigenvalue weighted by atomic mass is 10.0. The van der Waals surface area contributed by atoms with E-state index in [0.717, 1.165) is 51.4 Å². The molecule has 0 saturated heterocycles. The third kappa shape index (κ3) is 43.1. The van der Waals surface area contributed by atoms with Gasteiger partial charge in [-0.05, 0) is 64.2 Å². The molecule has 308 valence electrons. The van der Waals surface area contributed by atoms with Gasteiger partial charge in [0.25, 0.3) is 0 Å². The standard InChI is InChI=1S/C48H92O4/c1-3-5-7-9-11-13-15-16-17-18-19-20-21-22-23-24-26-28-33-37-41-45-48(51)52-46(43-39-35-31-29-32-36-40-44-47(49)50)42-38-34-30-27-25-14-12-10-8-6-4-2/h16-17,46H,3-15,18-45H2,1-2H3,(H,49,50)/b17-16-. The molecular formula is C48H92O4. The van der Waals surface area contributed by atoms with E-state index >= 15 is 0 Å². The molecule has 4 nitrogen and oxygen atoms in total. The number of allylic oxidation sites excluding steroid dienone is 2. The Hall–Kier alpha value is -1.32. The Morgan fingerprint density at radius 1 is 0.404 bits per heavy atom. The number of carboxylic acid groups (broad SMARTS) is 1. The third-order valence-electron chi connectivity index (χ3n) is 11.0. The lowest BCUT2D eigenvalue weighted by Gasteiger charge is -2.18. The van der Waals surface area contributed by atoms with Crippen LogP contribution >= 0.6 is 0 Å². The van der Waals surface area contributed by atoms with Gasteiger partial charge >= 0.3 is 11.9 Å². The van der Waals surface area contributed by atoms with Gasteiger partial charge < -0.3 is 9.84 Å². The average Bonchev–Trinajstić information content (AvgIpc) is 3.13. The normalized spacial score (nSPS) is 12.2. The highest BCUT2D eigenvalue weighted by molar-refractivity contribution is 5.69. The Balaban J connectivity index is 3.92. The minimum atomic E-state index is -0.683. The second-order valence-electron chi connectivity index (χ2n) is 16.3. The smallest absolute Gasteiger partial charge is 0.306 e. The van der Waals surface area contributed by atoms with Crippen molar-refractivity contribution in [2.24, 2.45) is 0 Å². The maximum absolute atomic E-state index is 12.8. The Morgan fingerprint density at radius 2 is 0.692 bits per heavy atom. The van der Waals surface area contributed by atoms with Crippen LogP contribution < -0.4 is 0 Å². The van der Waals surface area contributed by atoms with Gasteiger partial charge in [-0.3, -0.25) is 9.59 Å². The summed E-state index contributed by atoms with van der Waals surface area (Å²) in [6, 6.07) is 0. The molecule has 0 bridgehead atoms. The summed E-state index contributed by atoms with van der Waals surface area (Å²) in [5.41, 5.74) is 0. The minimum Gasteiger partial charge on any atom is -0.481 e. The maximum Gasteiger partial charge on any atom is 0.306 e. The predicted octanol–water partition coefficient (Wildman–Crippen LogP) is 16.6. The molecule has 4 heteroatoms. The number of carboxylic acids is 1. The quantitative estimate of drug-likeness (QED) is 0.0385. The number of carbonyl (C=O) groups is 2. The van der Waals surface area contributed by atoms with Gasteiger partial charge in [0.2, 0.25) is 0 Å². The number of ether oxygens (including phenoxy) is 1. The van der Waals surface area contributed by atoms with Gasteiger partial charge in [0.1, 0.15) is 6.10 Å². The van der Waals surface area contributed by atoms with E-state index in [4.69, 9.17) is 9.84 Å². The third-order valence-corrected chi connectivity index (χ3v) is 11.0. The van der Waals surface area contributed by atoms with Crippen LogP contribution in [-0.4, -0.2) is 23.1 Å². The van der Waals surface area contributed by atoms with Crippen LogP contribution in [0, 0.1) is 0 Å². The van der Waals surface area contributed by atoms with Gasteiger partial charge in [-0.25, -0.2) is 0 Å². The molecule has 1 atom stereocenters. The van der Waals surface area contributed by atoms with Crippen molar-refractivity contribution in [1.82, 2.24) is 0 Å². The molecule has 0 saturated carbocycles. The molecule has 0 heterocycles. The molecule has 0 amide bonds. The van der Waals surface area contributed by atoms with Crippen LogP contribution in [-0.2, 0) is 14.3 Å². The molecule has 0 aliphatic carbocycles. The van der Waals surface area contributed by atoms with Crippen molar-refractivity contribution in [3.05, 3.63) is 12.2 Å². The number of carbonyl (C=O) groups excluding carboxylic acids is 1. The molecule has 52 heavy (non-hydrogen) atoms. The average molecular weight is 733 g/mol. The largest absolute Gasteiger partial charge is 0.481 e. The van der Waals surface area contributed by atoms with E-state index in [1.807, 2.05) is 0 Å². The molecule has 0 fully saturated rings. The molecule has 0 aromatic rings. The number of rotatable bonds is 44. The van der Waals surface area contributed by atoms with Crippen LogP contribution in [0.15, 0.2) is 12.2 Å². The first-order valence-corrected chi connectivity index (χ1v) is 23.7. The van der Waals surface area contributed by atoms with Crippen molar-refractivity contribution >= 4 is 11.9 Å². The number of esters is 1. The van der Waals surface area contributed by atoms with Crippen molar-refractivity contribution in [3.8, 4) is 0 Å². The molecular weight excluding hydrogens is 641 g/mol. The number of aliphatic carboxylic acids is 1. The van der Waals surface area contributed by atoms with Gasteiger partial charge in [-0.2, -0.15) is 0 Å². The summed E-state index contributed by atoms with van der Waals surface area (Å²) in [6.07, 6.45) is 55.4. The summed E-state index contributed by atoms with van der Waals surface area (Å²) >= 11 is 0. The van der Waals surface area contributed by atoms with E-state index in [1.165, 1.54) is 199 Å². The first kappa shape index (κ1) is 50.7. The zero-order valence-electron chi connectivity index (χ0n) is 35.4. The van der Waals surface area contributed by atoms with E-state index < -0.39 is 5.97 Å². The van der Waals surface area contributed by atoms with Crippen molar-refractivity contribution in [2.75, 3.05) is 0 Å². The highest BCUT2D eigenvalue weighted by atomic mass is 16.5. The van der Waals surface area contributed by atoms with Crippen LogP contribution in [0.25, 0.3) is 0 Å². The van der Waals surface area contributed by atoms with E-state index in [0.29, 0.717) is 12.8 Å². The summed E-state index contributed by atoms with van der Waals surface area (Å²) < 4.78 is 6.07. The van der Waals surface area contributed by atoms with Crippen molar-refractivity contribution in [2.45, 2.75) is 283 Å². The van der Waals surface area contributed by atoms with E-state index in [-0.39, 0.29) is 12.1 Å². The summed E-state index contributed by atoms with van der Waals surface area (Å²) in [5.74, 6) is -0.655. The van der Waals surface area contributed by atoms with Crippen LogP contribution in [0.3, 0.4) is 0 Å². The fourth-order valence-corrected chi connectivity index (χ4v) is 7.48. The second kappa shape index (κ2) is 44.1. The fraction of sp³-hybridized carbons (Fsp3) is 0.917. The van der Waals surface area contributed by atoms with Crippen molar-refractivity contribution < 1.29 is 19.4 Å². The molecule has 0 radical (unpaired) electrons. The lowest BCUT2D eigenvalue weighted by Crippen LogP contribution is -2.18. The second-order valence-corrected chi connectivity index (χ2v) is 16.3. The molecule has 0 spiro atoms. The van der Waals surface area contributed by atoms with Crippen LogP contribution in [0.4, 0.5) is 0 Å². The van der Waals surface area contributed by atoms with E-state index in [9.17, 15) is 9.59 Å². The number of unbranched alkanes of at least 4 members (excludes halogenated alkanes) is 33. The molecule has 1 unspecified atom stereocenters. The summed E-state index contributed by atoms with van der Waals surface area (Å²) in [4.78, 5) is 23.5. The minimum absolute atomic E-state index is 0.0276. The Kier molecular flexibility index (Phi) is 43.0. The summed E-state index contributed by atoms with van der Waals surface area (Å²) in [6.45, 7) is 4.57. The Morgan fingerprint density at radius 3 is 1.04 bits per heavy atom. The topological polar surface area (TPSA) is 63.6 Å². The SMILES string of the molecule is CCCCCCCC/C=C\CCCCCCCCCCCCCC(=O)OC(CCCCCCCCCCCCC)CCCCCCCCCC(=O)O. The highest BCUT2D eigenvalue weighted by Crippen LogP contribution is 2.20. The zero-order chi connectivity index (χ0) is 37.8. The Bertz CT molecular complexity index is 747. The monoisotopic (exact) mass is 733 g/mol. The maximum atomic E-state index is 12.8. The molecule has 0 aliphatic heterocycles. The van der Waals surface area contributed by atoms with Gasteiger partial charge in [-0.15, -0.1) is 0 Å². The van der Waals surface area contributed by atoms with Gasteiger partial charge in [0.05, 0.1) is 0 Å². The fourth-order valence-electron chi connectivity index (χ4n) is 7.48. The number of hydrogen-bond donors (Lipinski definition) is 1. The van der Waals surface area contributed by atoms with E-state index in [1.54, 1.807) is 0 Å². The van der Waals surface area contributed by atoms with Crippen LogP contribution in [0.1, 0.15) is 277 Å².